The second kappa shape index (κ2) is 5.51. The number of rotatable bonds is 3. The standard InChI is InChI=1S/C11H10N4O2S3/c1-18-10-14-15-11(20-10)19-8-3-6-7(2-5(8)12)17-4-9(16)13-6/h2-3H,4,12H2,1H3,(H,13,16). The van der Waals surface area contributed by atoms with Gasteiger partial charge in [0.1, 0.15) is 5.75 Å². The van der Waals surface area contributed by atoms with Crippen molar-refractivity contribution in [2.75, 3.05) is 23.9 Å². The van der Waals surface area contributed by atoms with Crippen molar-refractivity contribution in [1.29, 1.82) is 0 Å². The van der Waals surface area contributed by atoms with Gasteiger partial charge in [0.25, 0.3) is 5.91 Å². The highest BCUT2D eigenvalue weighted by molar-refractivity contribution is 8.03. The predicted molar refractivity (Wildman–Crippen MR) is 80.8 cm³/mol. The molecule has 20 heavy (non-hydrogen) atoms. The molecule has 0 atom stereocenters. The summed E-state index contributed by atoms with van der Waals surface area (Å²) < 4.78 is 7.03. The lowest BCUT2D eigenvalue weighted by atomic mass is 10.2. The average Bonchev–Trinajstić information content (AvgIpc) is 2.88. The van der Waals surface area contributed by atoms with E-state index in [0.29, 0.717) is 17.1 Å². The van der Waals surface area contributed by atoms with Gasteiger partial charge in [-0.15, -0.1) is 10.2 Å². The predicted octanol–water partition coefficient (Wildman–Crippen LogP) is 2.32. The summed E-state index contributed by atoms with van der Waals surface area (Å²) in [5, 5.41) is 10.9. The number of thioether (sulfide) groups is 1. The Kier molecular flexibility index (Phi) is 3.72. The number of benzene rings is 1. The third-order valence-electron chi connectivity index (χ3n) is 2.50. The highest BCUT2D eigenvalue weighted by Gasteiger charge is 2.19. The van der Waals surface area contributed by atoms with E-state index in [1.165, 1.54) is 23.1 Å². The molecule has 0 bridgehead atoms. The summed E-state index contributed by atoms with van der Waals surface area (Å²) in [6, 6.07) is 3.51. The van der Waals surface area contributed by atoms with Crippen molar-refractivity contribution in [3.8, 4) is 5.75 Å². The Bertz CT molecular complexity index is 674. The van der Waals surface area contributed by atoms with E-state index in [-0.39, 0.29) is 12.5 Å². The second-order valence-corrected chi connectivity index (χ2v) is 7.18. The Balaban J connectivity index is 1.89. The van der Waals surface area contributed by atoms with Gasteiger partial charge in [-0.1, -0.05) is 34.9 Å². The first-order chi connectivity index (χ1) is 9.65. The molecule has 0 saturated heterocycles. The van der Waals surface area contributed by atoms with Gasteiger partial charge in [-0.05, 0) is 12.3 Å². The van der Waals surface area contributed by atoms with E-state index in [0.717, 1.165) is 13.6 Å². The molecule has 3 rings (SSSR count). The van der Waals surface area contributed by atoms with Crippen LogP contribution in [0.1, 0.15) is 0 Å². The van der Waals surface area contributed by atoms with Gasteiger partial charge >= 0.3 is 0 Å². The number of nitrogens with one attached hydrogen (secondary N) is 1. The van der Waals surface area contributed by atoms with E-state index >= 15 is 0 Å². The van der Waals surface area contributed by atoms with Crippen LogP contribution in [0.15, 0.2) is 25.7 Å². The van der Waals surface area contributed by atoms with Crippen molar-refractivity contribution in [2.45, 2.75) is 13.6 Å². The largest absolute Gasteiger partial charge is 0.482 e. The van der Waals surface area contributed by atoms with Crippen molar-refractivity contribution < 1.29 is 9.53 Å². The minimum atomic E-state index is -0.168. The van der Waals surface area contributed by atoms with E-state index in [1.807, 2.05) is 6.26 Å². The van der Waals surface area contributed by atoms with E-state index in [4.69, 9.17) is 10.5 Å². The zero-order chi connectivity index (χ0) is 14.1. The number of ether oxygens (including phenoxy) is 1. The number of hydrogen-bond acceptors (Lipinski definition) is 8. The topological polar surface area (TPSA) is 90.1 Å². The molecule has 0 saturated carbocycles. The molecule has 104 valence electrons. The number of carbonyl (C=O) groups excluding carboxylic acids is 1. The van der Waals surface area contributed by atoms with Crippen molar-refractivity contribution >= 4 is 52.1 Å². The molecule has 0 fully saturated rings. The maximum absolute atomic E-state index is 11.3. The molecule has 0 unspecified atom stereocenters. The van der Waals surface area contributed by atoms with Crippen LogP contribution in [-0.2, 0) is 4.79 Å². The zero-order valence-electron chi connectivity index (χ0n) is 10.4. The maximum Gasteiger partial charge on any atom is 0.262 e. The number of anilines is 2. The first kappa shape index (κ1) is 13.5. The molecule has 1 aliphatic rings. The molecule has 0 spiro atoms. The quantitative estimate of drug-likeness (QED) is 0.661. The van der Waals surface area contributed by atoms with Gasteiger partial charge in [0, 0.05) is 16.6 Å². The Hall–Kier alpha value is -1.45. The summed E-state index contributed by atoms with van der Waals surface area (Å²) in [4.78, 5) is 12.1. The van der Waals surface area contributed by atoms with Crippen molar-refractivity contribution in [3.05, 3.63) is 12.1 Å². The van der Waals surface area contributed by atoms with Crippen LogP contribution in [-0.4, -0.2) is 29.0 Å². The molecule has 9 heteroatoms. The minimum absolute atomic E-state index is 0.0203. The van der Waals surface area contributed by atoms with Gasteiger partial charge < -0.3 is 15.8 Å². The summed E-state index contributed by atoms with van der Waals surface area (Å²) in [5.74, 6) is 0.423. The van der Waals surface area contributed by atoms with E-state index in [2.05, 4.69) is 15.5 Å². The zero-order valence-corrected chi connectivity index (χ0v) is 12.8. The molecular weight excluding hydrogens is 316 g/mol. The fourth-order valence-electron chi connectivity index (χ4n) is 1.63. The molecule has 1 aliphatic heterocycles. The van der Waals surface area contributed by atoms with Crippen LogP contribution in [0.2, 0.25) is 0 Å². The number of fused-ring (bicyclic) bond motifs is 1. The van der Waals surface area contributed by atoms with Gasteiger partial charge in [-0.25, -0.2) is 0 Å². The highest BCUT2D eigenvalue weighted by Crippen LogP contribution is 2.41. The molecule has 1 amide bonds. The number of nitrogens with two attached hydrogens (primary N) is 1. The van der Waals surface area contributed by atoms with Crippen molar-refractivity contribution in [2.24, 2.45) is 0 Å². The average molecular weight is 326 g/mol. The van der Waals surface area contributed by atoms with Gasteiger partial charge in [0.05, 0.1) is 5.69 Å². The molecular formula is C11H10N4O2S3. The molecule has 1 aromatic carbocycles. The summed E-state index contributed by atoms with van der Waals surface area (Å²) in [5.41, 5.74) is 7.22. The van der Waals surface area contributed by atoms with Crippen LogP contribution in [0.5, 0.6) is 5.75 Å². The number of nitrogens with zero attached hydrogens (tertiary/aromatic N) is 2. The lowest BCUT2D eigenvalue weighted by Gasteiger charge is -2.19. The number of carbonyl (C=O) groups is 1. The smallest absolute Gasteiger partial charge is 0.262 e. The fourth-order valence-corrected chi connectivity index (χ4v) is 4.09. The number of hydrogen-bond donors (Lipinski definition) is 2. The first-order valence-electron chi connectivity index (χ1n) is 5.57. The molecule has 1 aromatic heterocycles. The van der Waals surface area contributed by atoms with Gasteiger partial charge in [-0.3, -0.25) is 4.79 Å². The first-order valence-corrected chi connectivity index (χ1v) is 8.43. The molecule has 0 aliphatic carbocycles. The fraction of sp³-hybridized carbons (Fsp3) is 0.182. The summed E-state index contributed by atoms with van der Waals surface area (Å²) in [6.45, 7) is 0.0203. The number of amides is 1. The van der Waals surface area contributed by atoms with E-state index in [9.17, 15) is 4.79 Å². The lowest BCUT2D eigenvalue weighted by Crippen LogP contribution is -2.25. The third-order valence-corrected chi connectivity index (χ3v) is 5.53. The van der Waals surface area contributed by atoms with E-state index < -0.39 is 0 Å². The molecule has 0 radical (unpaired) electrons. The van der Waals surface area contributed by atoms with Crippen LogP contribution in [0.25, 0.3) is 0 Å². The summed E-state index contributed by atoms with van der Waals surface area (Å²) in [6.07, 6.45) is 1.95. The summed E-state index contributed by atoms with van der Waals surface area (Å²) in [7, 11) is 0. The molecule has 2 aromatic rings. The minimum Gasteiger partial charge on any atom is -0.482 e. The SMILES string of the molecule is CSc1nnc(Sc2cc3c(cc2N)OCC(=O)N3)s1. The Morgan fingerprint density at radius 2 is 2.20 bits per heavy atom. The summed E-state index contributed by atoms with van der Waals surface area (Å²) >= 11 is 4.48. The van der Waals surface area contributed by atoms with Crippen molar-refractivity contribution in [1.82, 2.24) is 10.2 Å². The van der Waals surface area contributed by atoms with Crippen LogP contribution in [0.3, 0.4) is 0 Å². The van der Waals surface area contributed by atoms with Gasteiger partial charge in [0.15, 0.2) is 15.3 Å². The van der Waals surface area contributed by atoms with Crippen molar-refractivity contribution in [3.63, 3.8) is 0 Å². The molecule has 3 N–H and O–H groups in total. The molecule has 2 heterocycles. The Morgan fingerprint density at radius 3 is 2.95 bits per heavy atom. The third kappa shape index (κ3) is 2.69. The number of nitrogen functional groups attached to an aromatic ring is 1. The van der Waals surface area contributed by atoms with Crippen LogP contribution in [0.4, 0.5) is 11.4 Å². The second-order valence-electron chi connectivity index (χ2n) is 3.86. The van der Waals surface area contributed by atoms with Crippen LogP contribution in [0, 0.1) is 0 Å². The number of aromatic nitrogens is 2. The highest BCUT2D eigenvalue weighted by atomic mass is 32.2. The van der Waals surface area contributed by atoms with Gasteiger partial charge in [-0.2, -0.15) is 0 Å². The molecule has 6 nitrogen and oxygen atoms in total. The Labute approximate surface area is 127 Å². The normalized spacial score (nSPS) is 13.6. The van der Waals surface area contributed by atoms with Gasteiger partial charge in [0.2, 0.25) is 0 Å². The van der Waals surface area contributed by atoms with Crippen LogP contribution < -0.4 is 15.8 Å². The monoisotopic (exact) mass is 326 g/mol. The van der Waals surface area contributed by atoms with E-state index in [1.54, 1.807) is 23.9 Å². The maximum atomic E-state index is 11.3. The lowest BCUT2D eigenvalue weighted by molar-refractivity contribution is -0.118. The Morgan fingerprint density at radius 1 is 1.40 bits per heavy atom. The van der Waals surface area contributed by atoms with Crippen LogP contribution >= 0.6 is 34.9 Å².